The lowest BCUT2D eigenvalue weighted by Gasteiger charge is -2.48. The third-order valence-electron chi connectivity index (χ3n) is 8.33. The van der Waals surface area contributed by atoms with E-state index in [1.807, 2.05) is 25.2 Å². The number of fused-ring (bicyclic) bond motifs is 1. The topological polar surface area (TPSA) is 90.9 Å². The number of ether oxygens (including phenoxy) is 1. The van der Waals surface area contributed by atoms with Crippen molar-refractivity contribution in [1.29, 1.82) is 0 Å². The molecule has 3 aliphatic heterocycles. The number of rotatable bonds is 5. The highest BCUT2D eigenvalue weighted by atomic mass is 35.5. The summed E-state index contributed by atoms with van der Waals surface area (Å²) >= 11 is 6.51. The maximum atomic E-state index is 14.3. The van der Waals surface area contributed by atoms with Crippen LogP contribution in [-0.2, 0) is 15.1 Å². The van der Waals surface area contributed by atoms with Crippen LogP contribution in [0.1, 0.15) is 36.8 Å². The number of likely N-dealkylation sites (N-methyl/N-ethyl adjacent to an activating group) is 2. The summed E-state index contributed by atoms with van der Waals surface area (Å²) in [5.41, 5.74) is 1.63. The number of hydrogen-bond donors (Lipinski definition) is 3. The molecule has 36 heavy (non-hydrogen) atoms. The molecule has 0 bridgehead atoms. The van der Waals surface area contributed by atoms with Crippen LogP contribution in [0.4, 0.5) is 11.4 Å². The summed E-state index contributed by atoms with van der Waals surface area (Å²) in [7, 11) is 5.06. The molecular formula is C27H34ClN4O4+. The smallest absolute Gasteiger partial charge is 0.295 e. The van der Waals surface area contributed by atoms with Gasteiger partial charge in [0.15, 0.2) is 6.04 Å². The number of piperidine rings is 1. The van der Waals surface area contributed by atoms with E-state index in [4.69, 9.17) is 16.3 Å². The van der Waals surface area contributed by atoms with E-state index < -0.39 is 17.7 Å². The fraction of sp³-hybridized carbons (Fsp3) is 0.481. The van der Waals surface area contributed by atoms with Crippen LogP contribution >= 0.6 is 11.6 Å². The Morgan fingerprint density at radius 1 is 1.19 bits per heavy atom. The lowest BCUT2D eigenvalue weighted by atomic mass is 9.78. The molecule has 0 aliphatic carbocycles. The van der Waals surface area contributed by atoms with E-state index >= 15 is 0 Å². The van der Waals surface area contributed by atoms with E-state index in [2.05, 4.69) is 15.5 Å². The second-order valence-corrected chi connectivity index (χ2v) is 10.7. The van der Waals surface area contributed by atoms with E-state index in [1.54, 1.807) is 32.4 Å². The molecule has 0 radical (unpaired) electrons. The number of nitrogens with zero attached hydrogens (tertiary/aromatic N) is 2. The number of nitrogens with one attached hydrogen (secondary N) is 2. The van der Waals surface area contributed by atoms with Gasteiger partial charge in [-0.3, -0.25) is 14.1 Å². The van der Waals surface area contributed by atoms with Crippen LogP contribution in [0.3, 0.4) is 0 Å². The number of amides is 2. The van der Waals surface area contributed by atoms with Crippen molar-refractivity contribution in [3.8, 4) is 5.75 Å². The van der Waals surface area contributed by atoms with Crippen molar-refractivity contribution >= 4 is 34.8 Å². The number of likely N-dealkylation sites (tertiary alicyclic amines) is 1. The summed E-state index contributed by atoms with van der Waals surface area (Å²) in [6.07, 6.45) is 2.93. The van der Waals surface area contributed by atoms with Crippen LogP contribution in [-0.4, -0.2) is 74.4 Å². The highest BCUT2D eigenvalue weighted by Crippen LogP contribution is 2.55. The Kier molecular flexibility index (Phi) is 6.39. The van der Waals surface area contributed by atoms with Crippen LogP contribution in [0.5, 0.6) is 5.75 Å². The number of methoxy groups -OCH3 is 1. The summed E-state index contributed by atoms with van der Waals surface area (Å²) in [4.78, 5) is 29.9. The first-order valence-corrected chi connectivity index (χ1v) is 12.9. The van der Waals surface area contributed by atoms with Gasteiger partial charge in [-0.1, -0.05) is 11.6 Å². The molecule has 2 aromatic carbocycles. The maximum absolute atomic E-state index is 14.3. The second kappa shape index (κ2) is 9.25. The Bertz CT molecular complexity index is 1200. The lowest BCUT2D eigenvalue weighted by Crippen LogP contribution is -2.68. The first-order valence-electron chi connectivity index (χ1n) is 12.6. The normalized spacial score (nSPS) is 29.6. The minimum Gasteiger partial charge on any atom is -0.496 e. The molecule has 192 valence electrons. The molecule has 0 saturated carbocycles. The van der Waals surface area contributed by atoms with Gasteiger partial charge in [-0.05, 0) is 55.7 Å². The minimum absolute atomic E-state index is 0.0349. The third kappa shape index (κ3) is 3.57. The minimum atomic E-state index is -1.37. The highest BCUT2D eigenvalue weighted by molar-refractivity contribution is 6.31. The number of anilines is 2. The number of quaternary nitrogens is 1. The number of halogens is 1. The van der Waals surface area contributed by atoms with Gasteiger partial charge in [0.05, 0.1) is 31.0 Å². The molecular weight excluding hydrogens is 480 g/mol. The van der Waals surface area contributed by atoms with E-state index in [9.17, 15) is 14.7 Å². The molecule has 2 fully saturated rings. The Hall–Kier alpha value is -2.81. The molecule has 2 aromatic rings. The molecule has 3 aliphatic rings. The molecule has 8 nitrogen and oxygen atoms in total. The fourth-order valence-electron chi connectivity index (χ4n) is 6.67. The Morgan fingerprint density at radius 3 is 2.64 bits per heavy atom. The predicted molar refractivity (Wildman–Crippen MR) is 139 cm³/mol. The van der Waals surface area contributed by atoms with Crippen molar-refractivity contribution in [1.82, 2.24) is 5.32 Å². The lowest BCUT2D eigenvalue weighted by molar-refractivity contribution is -0.953. The van der Waals surface area contributed by atoms with Gasteiger partial charge in [0, 0.05) is 37.3 Å². The van der Waals surface area contributed by atoms with Crippen LogP contribution in [0.15, 0.2) is 36.4 Å². The van der Waals surface area contributed by atoms with Gasteiger partial charge in [0.25, 0.3) is 11.8 Å². The Morgan fingerprint density at radius 2 is 1.94 bits per heavy atom. The summed E-state index contributed by atoms with van der Waals surface area (Å²) in [5.74, 6) is 0.0670. The number of aliphatic hydroxyl groups is 1. The molecule has 3 N–H and O–H groups in total. The largest absolute Gasteiger partial charge is 0.496 e. The van der Waals surface area contributed by atoms with Crippen molar-refractivity contribution in [2.75, 3.05) is 51.1 Å². The van der Waals surface area contributed by atoms with Crippen molar-refractivity contribution in [3.05, 3.63) is 52.5 Å². The van der Waals surface area contributed by atoms with Crippen molar-refractivity contribution in [3.63, 3.8) is 0 Å². The third-order valence-corrected chi connectivity index (χ3v) is 8.57. The molecule has 2 saturated heterocycles. The summed E-state index contributed by atoms with van der Waals surface area (Å²) in [6, 6.07) is 10.7. The number of carbonyl (C=O) groups is 2. The van der Waals surface area contributed by atoms with Gasteiger partial charge in [0.2, 0.25) is 5.54 Å². The molecule has 2 amide bonds. The average Bonchev–Trinajstić information content (AvgIpc) is 3.36. The van der Waals surface area contributed by atoms with Gasteiger partial charge >= 0.3 is 0 Å². The summed E-state index contributed by atoms with van der Waals surface area (Å²) in [5, 5.41) is 17.2. The number of carbonyl (C=O) groups excluding carboxylic acids is 2. The van der Waals surface area contributed by atoms with Crippen LogP contribution < -0.4 is 20.3 Å². The molecule has 3 heterocycles. The molecule has 9 heteroatoms. The average molecular weight is 514 g/mol. The van der Waals surface area contributed by atoms with Crippen molar-refractivity contribution < 1.29 is 23.9 Å². The maximum Gasteiger partial charge on any atom is 0.295 e. The molecule has 5 rings (SSSR count). The van der Waals surface area contributed by atoms with Gasteiger partial charge in [0.1, 0.15) is 18.4 Å². The predicted octanol–water partition coefficient (Wildman–Crippen LogP) is 2.86. The van der Waals surface area contributed by atoms with Gasteiger partial charge < -0.3 is 25.4 Å². The van der Waals surface area contributed by atoms with Gasteiger partial charge in [-0.25, -0.2) is 0 Å². The summed E-state index contributed by atoms with van der Waals surface area (Å²) in [6.45, 7) is 2.10. The van der Waals surface area contributed by atoms with Crippen molar-refractivity contribution in [2.24, 2.45) is 0 Å². The van der Waals surface area contributed by atoms with Crippen LogP contribution in [0.25, 0.3) is 0 Å². The van der Waals surface area contributed by atoms with Crippen molar-refractivity contribution in [2.45, 2.75) is 43.4 Å². The number of benzene rings is 2. The molecule has 4 atom stereocenters. The monoisotopic (exact) mass is 513 g/mol. The zero-order valence-electron chi connectivity index (χ0n) is 21.0. The van der Waals surface area contributed by atoms with Gasteiger partial charge in [-0.15, -0.1) is 0 Å². The molecule has 0 aromatic heterocycles. The van der Waals surface area contributed by atoms with Crippen LogP contribution in [0, 0.1) is 0 Å². The fourth-order valence-corrected chi connectivity index (χ4v) is 6.84. The first-order chi connectivity index (χ1) is 17.3. The quantitative estimate of drug-likeness (QED) is 0.535. The second-order valence-electron chi connectivity index (χ2n) is 10.3. The standard InChI is InChI=1S/C27H33ClN4O4/c1-29-25(34)23-15-19(33)16-32(23,2)27(20-13-17(28)7-9-22(20)30-26(27)35)21-14-18(8-10-24(21)36-3)31-11-5-4-6-12-31/h7-10,13-14,19,23,33H,4-6,11-12,15-16H2,1-3H3,(H-,29,30,34,35)/p+1/t19-,23+,27?,32?/m1/s1. The van der Waals surface area contributed by atoms with E-state index in [-0.39, 0.29) is 29.3 Å². The Labute approximate surface area is 216 Å². The summed E-state index contributed by atoms with van der Waals surface area (Å²) < 4.78 is 5.83. The van der Waals surface area contributed by atoms with E-state index in [0.717, 1.165) is 31.6 Å². The van der Waals surface area contributed by atoms with E-state index in [0.29, 0.717) is 27.6 Å². The van der Waals surface area contributed by atoms with Crippen LogP contribution in [0.2, 0.25) is 5.02 Å². The zero-order chi connectivity index (χ0) is 25.7. The number of aliphatic hydroxyl groups excluding tert-OH is 1. The Balaban J connectivity index is 1.83. The molecule has 2 unspecified atom stereocenters. The zero-order valence-corrected chi connectivity index (χ0v) is 21.8. The SMILES string of the molecule is CNC(=O)[C@@H]1C[C@@H](O)C[N+]1(C)C1(c2cc(N3CCCCC3)ccc2OC)C(=O)Nc2ccc(Cl)cc21. The number of hydrogen-bond acceptors (Lipinski definition) is 5. The van der Waals surface area contributed by atoms with Gasteiger partial charge in [-0.2, -0.15) is 0 Å². The molecule has 0 spiro atoms. The first kappa shape index (κ1) is 24.9. The van der Waals surface area contributed by atoms with E-state index in [1.165, 1.54) is 6.42 Å². The highest BCUT2D eigenvalue weighted by Gasteiger charge is 2.69.